The number of hydrogen-bond acceptors (Lipinski definition) is 6. The van der Waals surface area contributed by atoms with Gasteiger partial charge in [-0.05, 0) is 19.4 Å². The number of aromatic nitrogens is 1. The molecule has 0 saturated carbocycles. The van der Waals surface area contributed by atoms with Crippen molar-refractivity contribution >= 4 is 23.4 Å². The topological polar surface area (TPSA) is 88.8 Å². The second-order valence-corrected chi connectivity index (χ2v) is 4.95. The average molecular weight is 292 g/mol. The van der Waals surface area contributed by atoms with Crippen LogP contribution < -0.4 is 10.6 Å². The van der Waals surface area contributed by atoms with Crippen LogP contribution in [-0.4, -0.2) is 55.0 Å². The molecule has 0 radical (unpaired) electrons. The van der Waals surface area contributed by atoms with E-state index in [1.54, 1.807) is 29.8 Å². The number of hydrogen-bond donors (Lipinski definition) is 1. The number of carbonyl (C=O) groups excluding carboxylic acids is 2. The minimum atomic E-state index is -0.475. The fraction of sp³-hybridized carbons (Fsp3) is 0.500. The largest absolute Gasteiger partial charge is 0.462 e. The molecule has 21 heavy (non-hydrogen) atoms. The molecule has 1 amide bonds. The molecule has 1 fully saturated rings. The molecule has 2 N–H and O–H groups in total. The summed E-state index contributed by atoms with van der Waals surface area (Å²) in [5.41, 5.74) is 6.40. The summed E-state index contributed by atoms with van der Waals surface area (Å²) in [6, 6.07) is 1.54. The SMILES string of the molecule is CCOC(=O)c1cc(N)cnc1N1CCCN(C)C(=O)C1. The van der Waals surface area contributed by atoms with Gasteiger partial charge in [-0.2, -0.15) is 0 Å². The average Bonchev–Trinajstić information content (AvgIpc) is 2.61. The molecule has 0 aliphatic carbocycles. The van der Waals surface area contributed by atoms with E-state index in [0.717, 1.165) is 6.42 Å². The van der Waals surface area contributed by atoms with Crippen LogP contribution >= 0.6 is 0 Å². The molecule has 0 aromatic carbocycles. The van der Waals surface area contributed by atoms with Crippen LogP contribution in [0.1, 0.15) is 23.7 Å². The number of likely N-dealkylation sites (N-methyl/N-ethyl adjacent to an activating group) is 1. The van der Waals surface area contributed by atoms with Crippen molar-refractivity contribution in [2.75, 3.05) is 43.9 Å². The monoisotopic (exact) mass is 292 g/mol. The summed E-state index contributed by atoms with van der Waals surface area (Å²) in [5, 5.41) is 0. The normalized spacial score (nSPS) is 15.8. The Hall–Kier alpha value is -2.31. The lowest BCUT2D eigenvalue weighted by Gasteiger charge is -2.23. The van der Waals surface area contributed by atoms with Crippen molar-refractivity contribution in [1.82, 2.24) is 9.88 Å². The van der Waals surface area contributed by atoms with Gasteiger partial charge in [0.15, 0.2) is 0 Å². The third kappa shape index (κ3) is 3.42. The number of rotatable bonds is 3. The number of nitrogens with two attached hydrogens (primary N) is 1. The van der Waals surface area contributed by atoms with Crippen LogP contribution in [0.3, 0.4) is 0 Å². The second-order valence-electron chi connectivity index (χ2n) is 4.95. The van der Waals surface area contributed by atoms with Crippen LogP contribution in [0.4, 0.5) is 11.5 Å². The highest BCUT2D eigenvalue weighted by atomic mass is 16.5. The lowest BCUT2D eigenvalue weighted by atomic mass is 10.2. The summed E-state index contributed by atoms with van der Waals surface area (Å²) in [6.45, 7) is 3.55. The van der Waals surface area contributed by atoms with Gasteiger partial charge in [-0.1, -0.05) is 0 Å². The minimum absolute atomic E-state index is 0.000865. The number of ether oxygens (including phenoxy) is 1. The molecule has 0 atom stereocenters. The van der Waals surface area contributed by atoms with E-state index in [9.17, 15) is 9.59 Å². The highest BCUT2D eigenvalue weighted by Gasteiger charge is 2.24. The maximum Gasteiger partial charge on any atom is 0.341 e. The molecule has 7 heteroatoms. The van der Waals surface area contributed by atoms with Gasteiger partial charge in [0.1, 0.15) is 11.4 Å². The van der Waals surface area contributed by atoms with Gasteiger partial charge in [-0.25, -0.2) is 9.78 Å². The number of anilines is 2. The summed E-state index contributed by atoms with van der Waals surface area (Å²) >= 11 is 0. The quantitative estimate of drug-likeness (QED) is 0.817. The number of pyridine rings is 1. The Kier molecular flexibility index (Phi) is 4.62. The van der Waals surface area contributed by atoms with E-state index in [-0.39, 0.29) is 19.1 Å². The number of nitrogen functional groups attached to an aromatic ring is 1. The van der Waals surface area contributed by atoms with E-state index in [1.807, 2.05) is 0 Å². The highest BCUT2D eigenvalue weighted by molar-refractivity contribution is 5.96. The lowest BCUT2D eigenvalue weighted by molar-refractivity contribution is -0.127. The van der Waals surface area contributed by atoms with E-state index >= 15 is 0 Å². The first-order chi connectivity index (χ1) is 10.0. The van der Waals surface area contributed by atoms with E-state index < -0.39 is 5.97 Å². The van der Waals surface area contributed by atoms with Crippen molar-refractivity contribution in [2.24, 2.45) is 0 Å². The van der Waals surface area contributed by atoms with E-state index in [4.69, 9.17) is 10.5 Å². The molecule has 2 rings (SSSR count). The van der Waals surface area contributed by atoms with Crippen LogP contribution in [0.5, 0.6) is 0 Å². The lowest BCUT2D eigenvalue weighted by Crippen LogP contribution is -2.35. The number of esters is 1. The minimum Gasteiger partial charge on any atom is -0.462 e. The Morgan fingerprint density at radius 1 is 1.48 bits per heavy atom. The highest BCUT2D eigenvalue weighted by Crippen LogP contribution is 2.22. The van der Waals surface area contributed by atoms with Crippen LogP contribution in [0.2, 0.25) is 0 Å². The summed E-state index contributed by atoms with van der Waals surface area (Å²) in [7, 11) is 1.77. The predicted molar refractivity (Wildman–Crippen MR) is 79.1 cm³/mol. The van der Waals surface area contributed by atoms with Gasteiger partial charge in [-0.15, -0.1) is 0 Å². The van der Waals surface area contributed by atoms with Gasteiger partial charge in [0, 0.05) is 20.1 Å². The molecule has 114 valence electrons. The number of amides is 1. The first-order valence-electron chi connectivity index (χ1n) is 6.94. The molecular weight excluding hydrogens is 272 g/mol. The fourth-order valence-electron chi connectivity index (χ4n) is 2.25. The summed E-state index contributed by atoms with van der Waals surface area (Å²) in [4.78, 5) is 31.8. The predicted octanol–water partition coefficient (Wildman–Crippen LogP) is 0.509. The van der Waals surface area contributed by atoms with Crippen LogP contribution in [0.25, 0.3) is 0 Å². The molecule has 1 aliphatic rings. The maximum absolute atomic E-state index is 12.1. The van der Waals surface area contributed by atoms with Crippen molar-refractivity contribution in [2.45, 2.75) is 13.3 Å². The molecule has 2 heterocycles. The first kappa shape index (κ1) is 15.1. The molecule has 1 aliphatic heterocycles. The standard InChI is InChI=1S/C14H20N4O3/c1-3-21-14(20)11-7-10(15)8-16-13(11)18-6-4-5-17(2)12(19)9-18/h7-8H,3-6,9,15H2,1-2H3. The smallest absolute Gasteiger partial charge is 0.341 e. The van der Waals surface area contributed by atoms with Gasteiger partial charge in [0.05, 0.1) is 25.0 Å². The number of nitrogens with zero attached hydrogens (tertiary/aromatic N) is 3. The van der Waals surface area contributed by atoms with Crippen molar-refractivity contribution in [3.05, 3.63) is 17.8 Å². The van der Waals surface area contributed by atoms with Gasteiger partial charge < -0.3 is 20.3 Å². The zero-order chi connectivity index (χ0) is 15.4. The summed E-state index contributed by atoms with van der Waals surface area (Å²) < 4.78 is 5.04. The van der Waals surface area contributed by atoms with Crippen molar-refractivity contribution in [3.63, 3.8) is 0 Å². The van der Waals surface area contributed by atoms with E-state index in [2.05, 4.69) is 4.98 Å². The molecule has 1 saturated heterocycles. The summed E-state index contributed by atoms with van der Waals surface area (Å²) in [5.74, 6) is -0.0235. The van der Waals surface area contributed by atoms with E-state index in [1.165, 1.54) is 6.20 Å². The second kappa shape index (κ2) is 6.43. The van der Waals surface area contributed by atoms with Gasteiger partial charge in [0.2, 0.25) is 5.91 Å². The van der Waals surface area contributed by atoms with Gasteiger partial charge in [0.25, 0.3) is 0 Å². The van der Waals surface area contributed by atoms with Crippen molar-refractivity contribution < 1.29 is 14.3 Å². The zero-order valence-corrected chi connectivity index (χ0v) is 12.3. The Bertz CT molecular complexity index is 547. The summed E-state index contributed by atoms with van der Waals surface area (Å²) in [6.07, 6.45) is 2.30. The van der Waals surface area contributed by atoms with Crippen LogP contribution in [0, 0.1) is 0 Å². The Morgan fingerprint density at radius 3 is 2.95 bits per heavy atom. The van der Waals surface area contributed by atoms with Crippen molar-refractivity contribution in [1.29, 1.82) is 0 Å². The number of carbonyl (C=O) groups is 2. The van der Waals surface area contributed by atoms with Crippen LogP contribution in [0.15, 0.2) is 12.3 Å². The molecule has 0 spiro atoms. The Labute approximate surface area is 123 Å². The zero-order valence-electron chi connectivity index (χ0n) is 12.3. The maximum atomic E-state index is 12.1. The van der Waals surface area contributed by atoms with Gasteiger partial charge in [-0.3, -0.25) is 4.79 Å². The molecule has 0 bridgehead atoms. The molecule has 1 aromatic heterocycles. The van der Waals surface area contributed by atoms with Gasteiger partial charge >= 0.3 is 5.97 Å². The molecular formula is C14H20N4O3. The first-order valence-corrected chi connectivity index (χ1v) is 6.94. The van der Waals surface area contributed by atoms with E-state index in [0.29, 0.717) is 30.2 Å². The molecule has 7 nitrogen and oxygen atoms in total. The Morgan fingerprint density at radius 2 is 2.24 bits per heavy atom. The third-order valence-corrected chi connectivity index (χ3v) is 3.36. The fourth-order valence-corrected chi connectivity index (χ4v) is 2.25. The molecule has 0 unspecified atom stereocenters. The Balaban J connectivity index is 2.33. The third-order valence-electron chi connectivity index (χ3n) is 3.36. The van der Waals surface area contributed by atoms with Crippen molar-refractivity contribution in [3.8, 4) is 0 Å². The molecule has 1 aromatic rings. The van der Waals surface area contributed by atoms with Crippen LogP contribution in [-0.2, 0) is 9.53 Å².